The Kier molecular flexibility index (Phi) is 5.69. The number of nitrogens with one attached hydrogen (secondary N) is 1. The van der Waals surface area contributed by atoms with Gasteiger partial charge in [-0.1, -0.05) is 31.9 Å². The van der Waals surface area contributed by atoms with Gasteiger partial charge in [0.05, 0.1) is 19.1 Å². The summed E-state index contributed by atoms with van der Waals surface area (Å²) >= 11 is 6.38. The van der Waals surface area contributed by atoms with Gasteiger partial charge in [0, 0.05) is 18.8 Å². The molecule has 0 aromatic carbocycles. The van der Waals surface area contributed by atoms with E-state index in [0.29, 0.717) is 18.0 Å². The van der Waals surface area contributed by atoms with Crippen molar-refractivity contribution >= 4 is 37.8 Å². The van der Waals surface area contributed by atoms with E-state index in [-0.39, 0.29) is 5.97 Å². The molecule has 0 spiro atoms. The molecule has 2 unspecified atom stereocenters. The second kappa shape index (κ2) is 6.23. The Morgan fingerprint density at radius 1 is 1.28 bits per heavy atom. The van der Waals surface area contributed by atoms with Gasteiger partial charge >= 0.3 is 5.97 Å². The van der Waals surface area contributed by atoms with Gasteiger partial charge in [-0.05, 0) is 27.7 Å². The van der Waals surface area contributed by atoms with Gasteiger partial charge in [0.15, 0.2) is 3.74 Å². The average molecular weight is 386 g/mol. The van der Waals surface area contributed by atoms with Crippen molar-refractivity contribution in [3.63, 3.8) is 0 Å². The van der Waals surface area contributed by atoms with Crippen LogP contribution < -0.4 is 4.90 Å². The number of quaternary nitrogens is 1. The first-order chi connectivity index (χ1) is 8.15. The molecular weight excluding hydrogens is 362 g/mol. The number of carbonyl (C=O) groups excluding carboxylic acids is 1. The van der Waals surface area contributed by atoms with Crippen LogP contribution in [0.3, 0.4) is 0 Å². The molecule has 1 N–H and O–H groups in total. The largest absolute Gasteiger partial charge is 0.458 e. The molecule has 0 radical (unpaired) electrons. The summed E-state index contributed by atoms with van der Waals surface area (Å²) < 4.78 is 5.21. The van der Waals surface area contributed by atoms with E-state index in [9.17, 15) is 4.79 Å². The van der Waals surface area contributed by atoms with Crippen LogP contribution in [0.4, 0.5) is 0 Å². The lowest BCUT2D eigenvalue weighted by molar-refractivity contribution is -0.934. The zero-order chi connectivity index (χ0) is 14.1. The highest BCUT2D eigenvalue weighted by Crippen LogP contribution is 2.32. The molecule has 0 aromatic rings. The number of esters is 1. The Bertz CT molecular complexity index is 295. The molecule has 0 amide bonds. The molecular formula is C13H24Br2NO2+. The Labute approximate surface area is 127 Å². The molecule has 1 aliphatic heterocycles. The molecule has 1 fully saturated rings. The van der Waals surface area contributed by atoms with Crippen molar-refractivity contribution in [3.05, 3.63) is 0 Å². The predicted octanol–water partition coefficient (Wildman–Crippen LogP) is 2.13. The molecule has 18 heavy (non-hydrogen) atoms. The number of carbonyl (C=O) groups is 1. The lowest BCUT2D eigenvalue weighted by Gasteiger charge is -2.43. The number of rotatable bonds is 3. The molecule has 2 atom stereocenters. The number of piperidine rings is 1. The molecule has 5 heteroatoms. The third-order valence-corrected chi connectivity index (χ3v) is 5.10. The van der Waals surface area contributed by atoms with Crippen molar-refractivity contribution < 1.29 is 14.4 Å². The first-order valence-electron chi connectivity index (χ1n) is 6.49. The second-order valence-corrected chi connectivity index (χ2v) is 9.10. The van der Waals surface area contributed by atoms with Crippen molar-refractivity contribution in [2.45, 2.75) is 62.0 Å². The van der Waals surface area contributed by atoms with Gasteiger partial charge in [0.25, 0.3) is 0 Å². The first-order valence-corrected chi connectivity index (χ1v) is 8.32. The molecule has 0 aromatic heterocycles. The first kappa shape index (κ1) is 16.4. The minimum atomic E-state index is -0.420. The van der Waals surface area contributed by atoms with E-state index in [1.54, 1.807) is 4.90 Å². The van der Waals surface area contributed by atoms with Gasteiger partial charge < -0.3 is 9.64 Å². The maximum absolute atomic E-state index is 11.7. The van der Waals surface area contributed by atoms with Crippen molar-refractivity contribution in [2.24, 2.45) is 5.92 Å². The van der Waals surface area contributed by atoms with Crippen molar-refractivity contribution in [1.82, 2.24) is 0 Å². The minimum absolute atomic E-state index is 0.244. The van der Waals surface area contributed by atoms with Crippen LogP contribution in [-0.4, -0.2) is 34.4 Å². The van der Waals surface area contributed by atoms with E-state index >= 15 is 0 Å². The van der Waals surface area contributed by atoms with E-state index in [2.05, 4.69) is 52.8 Å². The van der Waals surface area contributed by atoms with Crippen LogP contribution in [0.25, 0.3) is 0 Å². The fraction of sp³-hybridized carbons (Fsp3) is 0.923. The molecule has 106 valence electrons. The number of hydrogen-bond acceptors (Lipinski definition) is 2. The third-order valence-electron chi connectivity index (χ3n) is 4.36. The molecule has 1 rings (SSSR count). The Hall–Kier alpha value is 0.390. The summed E-state index contributed by atoms with van der Waals surface area (Å²) in [5.74, 6) is 0.181. The number of ether oxygens (including phenoxy) is 1. The van der Waals surface area contributed by atoms with Crippen LogP contribution in [0, 0.1) is 5.92 Å². The van der Waals surface area contributed by atoms with E-state index in [1.165, 1.54) is 0 Å². The molecule has 1 heterocycles. The smallest absolute Gasteiger partial charge is 0.331 e. The zero-order valence-electron chi connectivity index (χ0n) is 11.8. The lowest BCUT2D eigenvalue weighted by Crippen LogP contribution is -3.17. The van der Waals surface area contributed by atoms with E-state index in [0.717, 1.165) is 12.8 Å². The molecule has 0 aliphatic carbocycles. The van der Waals surface area contributed by atoms with Crippen molar-refractivity contribution in [3.8, 4) is 0 Å². The predicted molar refractivity (Wildman–Crippen MR) is 80.3 cm³/mol. The summed E-state index contributed by atoms with van der Waals surface area (Å²) in [5.41, 5.74) is -0.403. The number of alkyl halides is 2. The summed E-state index contributed by atoms with van der Waals surface area (Å²) in [7, 11) is 2.25. The fourth-order valence-corrected chi connectivity index (χ4v) is 2.95. The monoisotopic (exact) mass is 384 g/mol. The van der Waals surface area contributed by atoms with Crippen LogP contribution >= 0.6 is 31.9 Å². The molecule has 1 saturated heterocycles. The molecule has 1 aliphatic rings. The van der Waals surface area contributed by atoms with Crippen molar-refractivity contribution in [2.75, 3.05) is 7.05 Å². The highest BCUT2D eigenvalue weighted by atomic mass is 79.9. The van der Waals surface area contributed by atoms with Gasteiger partial charge in [-0.25, -0.2) is 4.79 Å². The van der Waals surface area contributed by atoms with Crippen LogP contribution in [0.1, 0.15) is 40.5 Å². The molecule has 0 bridgehead atoms. The third kappa shape index (κ3) is 3.94. The lowest BCUT2D eigenvalue weighted by atomic mass is 9.77. The quantitative estimate of drug-likeness (QED) is 0.595. The standard InChI is InChI=1S/C13H23Br2NO2/c1-8-6-10(7-9(2)16(8)5)13(3,4)18-12(17)11(14)15/h8-11H,6-7H2,1-5H3/p+1. The maximum Gasteiger partial charge on any atom is 0.331 e. The number of hydrogen-bond donors (Lipinski definition) is 1. The van der Waals surface area contributed by atoms with Crippen LogP contribution in [0.2, 0.25) is 0 Å². The molecule has 0 saturated carbocycles. The number of halogens is 2. The van der Waals surface area contributed by atoms with Gasteiger partial charge in [0.2, 0.25) is 0 Å². The van der Waals surface area contributed by atoms with Crippen LogP contribution in [0.15, 0.2) is 0 Å². The van der Waals surface area contributed by atoms with Crippen LogP contribution in [0.5, 0.6) is 0 Å². The SMILES string of the molecule is CC1CC(C(C)(C)OC(=O)C(Br)Br)CC(C)[NH+]1C. The van der Waals surface area contributed by atoms with Crippen molar-refractivity contribution in [1.29, 1.82) is 0 Å². The summed E-state index contributed by atoms with van der Waals surface area (Å²) in [6.45, 7) is 8.59. The van der Waals surface area contributed by atoms with Gasteiger partial charge in [-0.2, -0.15) is 0 Å². The van der Waals surface area contributed by atoms with E-state index in [1.807, 2.05) is 13.8 Å². The maximum atomic E-state index is 11.7. The highest BCUT2D eigenvalue weighted by Gasteiger charge is 2.42. The average Bonchev–Trinajstić information content (AvgIpc) is 2.24. The van der Waals surface area contributed by atoms with E-state index < -0.39 is 9.34 Å². The summed E-state index contributed by atoms with van der Waals surface area (Å²) in [6, 6.07) is 1.22. The second-order valence-electron chi connectivity index (χ2n) is 6.04. The topological polar surface area (TPSA) is 30.7 Å². The van der Waals surface area contributed by atoms with Gasteiger partial charge in [-0.3, -0.25) is 0 Å². The van der Waals surface area contributed by atoms with Gasteiger partial charge in [0.1, 0.15) is 5.60 Å². The van der Waals surface area contributed by atoms with Crippen LogP contribution in [-0.2, 0) is 9.53 Å². The Balaban J connectivity index is 2.70. The fourth-order valence-electron chi connectivity index (χ4n) is 2.76. The summed E-state index contributed by atoms with van der Waals surface area (Å²) in [5, 5.41) is 0. The minimum Gasteiger partial charge on any atom is -0.458 e. The Morgan fingerprint density at radius 3 is 2.11 bits per heavy atom. The van der Waals surface area contributed by atoms with Gasteiger partial charge in [-0.15, -0.1) is 0 Å². The Morgan fingerprint density at radius 2 is 1.72 bits per heavy atom. The number of likely N-dealkylation sites (tertiary alicyclic amines) is 1. The normalized spacial score (nSPS) is 33.6. The summed E-state index contributed by atoms with van der Waals surface area (Å²) in [6.07, 6.45) is 2.21. The summed E-state index contributed by atoms with van der Waals surface area (Å²) in [4.78, 5) is 13.3. The molecule has 3 nitrogen and oxygen atoms in total. The highest BCUT2D eigenvalue weighted by molar-refractivity contribution is 9.25. The zero-order valence-corrected chi connectivity index (χ0v) is 15.0. The van der Waals surface area contributed by atoms with E-state index in [4.69, 9.17) is 4.74 Å².